The maximum absolute atomic E-state index is 11.7. The van der Waals surface area contributed by atoms with Crippen molar-refractivity contribution >= 4 is 23.2 Å². The van der Waals surface area contributed by atoms with E-state index in [1.165, 1.54) is 0 Å². The summed E-state index contributed by atoms with van der Waals surface area (Å²) in [6.07, 6.45) is 4.45. The van der Waals surface area contributed by atoms with Crippen LogP contribution in [-0.4, -0.2) is 35.4 Å². The van der Waals surface area contributed by atoms with Crippen LogP contribution >= 0.6 is 11.6 Å². The van der Waals surface area contributed by atoms with Crippen LogP contribution in [0.4, 0.5) is 5.69 Å². The summed E-state index contributed by atoms with van der Waals surface area (Å²) in [6.45, 7) is 2.47. The van der Waals surface area contributed by atoms with E-state index in [-0.39, 0.29) is 5.91 Å². The number of likely N-dealkylation sites (tertiary alicyclic amines) is 1. The minimum atomic E-state index is 0.232. The summed E-state index contributed by atoms with van der Waals surface area (Å²) in [6, 6.07) is 3.59. The molecule has 0 bridgehead atoms. The van der Waals surface area contributed by atoms with Gasteiger partial charge in [-0.2, -0.15) is 0 Å². The summed E-state index contributed by atoms with van der Waals surface area (Å²) in [4.78, 5) is 17.6. The molecule has 2 rings (SSSR count). The molecule has 0 unspecified atom stereocenters. The number of nitrogens with zero attached hydrogens (tertiary/aromatic N) is 2. The van der Waals surface area contributed by atoms with Crippen LogP contribution in [0.3, 0.4) is 0 Å². The van der Waals surface area contributed by atoms with Crippen LogP contribution < -0.4 is 5.32 Å². The zero-order valence-electron chi connectivity index (χ0n) is 9.66. The van der Waals surface area contributed by atoms with Gasteiger partial charge in [-0.3, -0.25) is 4.79 Å². The molecule has 1 fully saturated rings. The van der Waals surface area contributed by atoms with Crippen LogP contribution in [0.2, 0.25) is 5.15 Å². The van der Waals surface area contributed by atoms with Gasteiger partial charge in [-0.25, -0.2) is 4.98 Å². The Hall–Kier alpha value is -1.29. The number of anilines is 1. The van der Waals surface area contributed by atoms with E-state index in [2.05, 4.69) is 10.3 Å². The highest BCUT2D eigenvalue weighted by molar-refractivity contribution is 6.29. The molecule has 0 spiro atoms. The van der Waals surface area contributed by atoms with Crippen molar-refractivity contribution in [1.29, 1.82) is 0 Å². The number of hydrogen-bond acceptors (Lipinski definition) is 3. The highest BCUT2D eigenvalue weighted by atomic mass is 35.5. The monoisotopic (exact) mass is 253 g/mol. The second kappa shape index (κ2) is 5.87. The Morgan fingerprint density at radius 2 is 2.24 bits per heavy atom. The first-order chi connectivity index (χ1) is 8.25. The number of carbonyl (C=O) groups excluding carboxylic acids is 1. The van der Waals surface area contributed by atoms with Gasteiger partial charge in [0.25, 0.3) is 0 Å². The normalized spacial score (nSPS) is 15.0. The molecule has 1 N–H and O–H groups in total. The molecule has 1 aliphatic rings. The van der Waals surface area contributed by atoms with Crippen molar-refractivity contribution in [3.05, 3.63) is 23.5 Å². The number of aromatic nitrogens is 1. The Labute approximate surface area is 106 Å². The summed E-state index contributed by atoms with van der Waals surface area (Å²) in [5, 5.41) is 3.63. The van der Waals surface area contributed by atoms with Gasteiger partial charge in [0.1, 0.15) is 5.15 Å². The predicted octanol–water partition coefficient (Wildman–Crippen LogP) is 2.16. The number of rotatable bonds is 4. The van der Waals surface area contributed by atoms with Crippen LogP contribution in [0.1, 0.15) is 19.3 Å². The number of halogens is 1. The molecule has 1 saturated heterocycles. The highest BCUT2D eigenvalue weighted by Gasteiger charge is 2.16. The molecule has 92 valence electrons. The molecule has 17 heavy (non-hydrogen) atoms. The number of hydrogen-bond donors (Lipinski definition) is 1. The Kier molecular flexibility index (Phi) is 4.20. The van der Waals surface area contributed by atoms with Gasteiger partial charge in [-0.05, 0) is 25.0 Å². The quantitative estimate of drug-likeness (QED) is 0.837. The van der Waals surface area contributed by atoms with Gasteiger partial charge in [0, 0.05) is 37.9 Å². The van der Waals surface area contributed by atoms with E-state index in [0.717, 1.165) is 31.6 Å². The van der Waals surface area contributed by atoms with Gasteiger partial charge >= 0.3 is 0 Å². The smallest absolute Gasteiger partial charge is 0.224 e. The second-order valence-corrected chi connectivity index (χ2v) is 4.52. The standard InChI is InChI=1S/C12H16ClN3O/c13-11-9-10(3-5-15-11)14-6-4-12(17)16-7-1-2-8-16/h3,5,9H,1-2,4,6-8H2,(H,14,15). The van der Waals surface area contributed by atoms with Crippen LogP contribution in [0.5, 0.6) is 0 Å². The minimum absolute atomic E-state index is 0.232. The van der Waals surface area contributed by atoms with E-state index < -0.39 is 0 Å². The van der Waals surface area contributed by atoms with Crippen molar-refractivity contribution in [1.82, 2.24) is 9.88 Å². The largest absolute Gasteiger partial charge is 0.384 e. The van der Waals surface area contributed by atoms with Crippen molar-refractivity contribution in [3.8, 4) is 0 Å². The highest BCUT2D eigenvalue weighted by Crippen LogP contribution is 2.12. The summed E-state index contributed by atoms with van der Waals surface area (Å²) in [5.41, 5.74) is 0.902. The molecular formula is C12H16ClN3O. The van der Waals surface area contributed by atoms with E-state index in [4.69, 9.17) is 11.6 Å². The first-order valence-corrected chi connectivity index (χ1v) is 6.27. The molecule has 4 nitrogen and oxygen atoms in total. The van der Waals surface area contributed by atoms with Crippen LogP contribution in [-0.2, 0) is 4.79 Å². The van der Waals surface area contributed by atoms with Crippen molar-refractivity contribution in [2.45, 2.75) is 19.3 Å². The molecule has 1 amide bonds. The van der Waals surface area contributed by atoms with Gasteiger partial charge in [-0.15, -0.1) is 0 Å². The molecule has 0 aromatic carbocycles. The molecule has 0 saturated carbocycles. The second-order valence-electron chi connectivity index (χ2n) is 4.13. The molecule has 1 aliphatic heterocycles. The summed E-state index contributed by atoms with van der Waals surface area (Å²) in [7, 11) is 0. The first-order valence-electron chi connectivity index (χ1n) is 5.89. The first kappa shape index (κ1) is 12.2. The SMILES string of the molecule is O=C(CCNc1ccnc(Cl)c1)N1CCCC1. The van der Waals surface area contributed by atoms with Gasteiger partial charge in [0.15, 0.2) is 0 Å². The Balaban J connectivity index is 1.73. The van der Waals surface area contributed by atoms with E-state index in [1.807, 2.05) is 11.0 Å². The van der Waals surface area contributed by atoms with E-state index in [9.17, 15) is 4.79 Å². The van der Waals surface area contributed by atoms with Crippen LogP contribution in [0.15, 0.2) is 18.3 Å². The fraction of sp³-hybridized carbons (Fsp3) is 0.500. The molecule has 1 aromatic heterocycles. The molecule has 1 aromatic rings. The van der Waals surface area contributed by atoms with Crippen molar-refractivity contribution in [2.24, 2.45) is 0 Å². The zero-order valence-corrected chi connectivity index (χ0v) is 10.4. The Bertz CT molecular complexity index is 391. The predicted molar refractivity (Wildman–Crippen MR) is 68.2 cm³/mol. The molecule has 0 atom stereocenters. The number of amides is 1. The van der Waals surface area contributed by atoms with Crippen LogP contribution in [0.25, 0.3) is 0 Å². The Morgan fingerprint density at radius 3 is 2.94 bits per heavy atom. The third-order valence-corrected chi connectivity index (χ3v) is 3.06. The summed E-state index contributed by atoms with van der Waals surface area (Å²) < 4.78 is 0. The summed E-state index contributed by atoms with van der Waals surface area (Å²) in [5.74, 6) is 0.232. The summed E-state index contributed by atoms with van der Waals surface area (Å²) >= 11 is 5.76. The van der Waals surface area contributed by atoms with E-state index in [0.29, 0.717) is 18.1 Å². The van der Waals surface area contributed by atoms with Crippen molar-refractivity contribution < 1.29 is 4.79 Å². The topological polar surface area (TPSA) is 45.2 Å². The fourth-order valence-electron chi connectivity index (χ4n) is 1.95. The molecule has 5 heteroatoms. The zero-order chi connectivity index (χ0) is 12.1. The van der Waals surface area contributed by atoms with Gasteiger partial charge in [-0.1, -0.05) is 11.6 Å². The Morgan fingerprint density at radius 1 is 1.47 bits per heavy atom. The third-order valence-electron chi connectivity index (χ3n) is 2.85. The number of nitrogens with one attached hydrogen (secondary N) is 1. The molecule has 2 heterocycles. The average Bonchev–Trinajstić information content (AvgIpc) is 2.82. The number of pyridine rings is 1. The van der Waals surface area contributed by atoms with Gasteiger partial charge < -0.3 is 10.2 Å². The van der Waals surface area contributed by atoms with Gasteiger partial charge in [0.05, 0.1) is 0 Å². The van der Waals surface area contributed by atoms with E-state index >= 15 is 0 Å². The average molecular weight is 254 g/mol. The molecule has 0 aliphatic carbocycles. The van der Waals surface area contributed by atoms with Crippen molar-refractivity contribution in [3.63, 3.8) is 0 Å². The lowest BCUT2D eigenvalue weighted by Gasteiger charge is -2.15. The lowest BCUT2D eigenvalue weighted by atomic mass is 10.3. The maximum atomic E-state index is 11.7. The van der Waals surface area contributed by atoms with Crippen molar-refractivity contribution in [2.75, 3.05) is 25.0 Å². The van der Waals surface area contributed by atoms with Crippen LogP contribution in [0, 0.1) is 0 Å². The van der Waals surface area contributed by atoms with Gasteiger partial charge in [0.2, 0.25) is 5.91 Å². The molecule has 0 radical (unpaired) electrons. The lowest BCUT2D eigenvalue weighted by Crippen LogP contribution is -2.29. The maximum Gasteiger partial charge on any atom is 0.224 e. The minimum Gasteiger partial charge on any atom is -0.384 e. The molecular weight excluding hydrogens is 238 g/mol. The van der Waals surface area contributed by atoms with E-state index in [1.54, 1.807) is 12.3 Å². The third kappa shape index (κ3) is 3.60. The fourth-order valence-corrected chi connectivity index (χ4v) is 2.12. The lowest BCUT2D eigenvalue weighted by molar-refractivity contribution is -0.129. The number of carbonyl (C=O) groups is 1.